The molecule has 0 spiro atoms. The molecule has 1 N–H and O–H groups in total. The van der Waals surface area contributed by atoms with Gasteiger partial charge in [-0.2, -0.15) is 0 Å². The molecule has 1 amide bonds. The maximum Gasteiger partial charge on any atom is 0.225 e. The maximum absolute atomic E-state index is 12.5. The SMILES string of the molecule is CCc1nc(-c2cccc(C)c2)c(-c2ccnc(NC(=O)CCc3ccc(C)cc3)c2)s1. The van der Waals surface area contributed by atoms with Crippen LogP contribution in [0.15, 0.2) is 66.9 Å². The number of nitrogens with one attached hydrogen (secondary N) is 1. The number of thiazole rings is 1. The van der Waals surface area contributed by atoms with E-state index in [0.29, 0.717) is 18.7 Å². The van der Waals surface area contributed by atoms with Gasteiger partial charge >= 0.3 is 0 Å². The molecule has 162 valence electrons. The van der Waals surface area contributed by atoms with E-state index in [1.165, 1.54) is 11.1 Å². The number of carbonyl (C=O) groups excluding carboxylic acids is 1. The molecule has 2 aromatic carbocycles. The van der Waals surface area contributed by atoms with E-state index in [4.69, 9.17) is 4.98 Å². The minimum atomic E-state index is -0.0346. The Hall–Kier alpha value is -3.31. The first kappa shape index (κ1) is 21.9. The third-order valence-electron chi connectivity index (χ3n) is 5.32. The maximum atomic E-state index is 12.5. The van der Waals surface area contributed by atoms with Gasteiger partial charge in [-0.3, -0.25) is 4.79 Å². The van der Waals surface area contributed by atoms with Crippen molar-refractivity contribution in [2.75, 3.05) is 5.32 Å². The van der Waals surface area contributed by atoms with Gasteiger partial charge in [0, 0.05) is 18.2 Å². The quantitative estimate of drug-likeness (QED) is 0.350. The monoisotopic (exact) mass is 441 g/mol. The number of pyridine rings is 1. The molecule has 0 saturated heterocycles. The number of anilines is 1. The second-order valence-electron chi connectivity index (χ2n) is 7.97. The molecule has 0 aliphatic rings. The second kappa shape index (κ2) is 9.88. The summed E-state index contributed by atoms with van der Waals surface area (Å²) < 4.78 is 0. The van der Waals surface area contributed by atoms with E-state index in [0.717, 1.165) is 38.7 Å². The molecule has 2 aromatic heterocycles. The molecule has 0 atom stereocenters. The molecule has 0 saturated carbocycles. The van der Waals surface area contributed by atoms with Crippen LogP contribution in [0.3, 0.4) is 0 Å². The molecule has 4 aromatic rings. The summed E-state index contributed by atoms with van der Waals surface area (Å²) in [5.74, 6) is 0.533. The van der Waals surface area contributed by atoms with E-state index in [9.17, 15) is 4.79 Å². The average Bonchev–Trinajstić information content (AvgIpc) is 3.24. The van der Waals surface area contributed by atoms with Crippen molar-refractivity contribution in [2.45, 2.75) is 40.0 Å². The van der Waals surface area contributed by atoms with Crippen molar-refractivity contribution in [3.05, 3.63) is 88.6 Å². The van der Waals surface area contributed by atoms with Gasteiger partial charge in [-0.15, -0.1) is 11.3 Å². The van der Waals surface area contributed by atoms with Crippen LogP contribution < -0.4 is 5.32 Å². The number of rotatable bonds is 7. The van der Waals surface area contributed by atoms with Gasteiger partial charge in [-0.05, 0) is 56.0 Å². The van der Waals surface area contributed by atoms with Gasteiger partial charge in [-0.25, -0.2) is 9.97 Å². The van der Waals surface area contributed by atoms with Crippen LogP contribution in [0, 0.1) is 13.8 Å². The van der Waals surface area contributed by atoms with Crippen LogP contribution in [0.2, 0.25) is 0 Å². The van der Waals surface area contributed by atoms with Crippen LogP contribution in [0.5, 0.6) is 0 Å². The molecule has 2 heterocycles. The Labute approximate surface area is 193 Å². The number of amides is 1. The number of hydrogen-bond donors (Lipinski definition) is 1. The van der Waals surface area contributed by atoms with Crippen molar-refractivity contribution in [3.63, 3.8) is 0 Å². The summed E-state index contributed by atoms with van der Waals surface area (Å²) in [6, 6.07) is 20.6. The molecule has 0 unspecified atom stereocenters. The third-order valence-corrected chi connectivity index (χ3v) is 6.57. The van der Waals surface area contributed by atoms with Crippen molar-refractivity contribution in [3.8, 4) is 21.7 Å². The number of nitrogens with zero attached hydrogens (tertiary/aromatic N) is 2. The van der Waals surface area contributed by atoms with Gasteiger partial charge < -0.3 is 5.32 Å². The standard InChI is InChI=1S/C27H27N3OS/c1-4-25-30-26(21-7-5-6-19(3)16-21)27(32-25)22-14-15-28-23(17-22)29-24(31)13-12-20-10-8-18(2)9-11-20/h5-11,14-17H,4,12-13H2,1-3H3,(H,28,29,31). The van der Waals surface area contributed by atoms with Crippen LogP contribution in [0.1, 0.15) is 35.0 Å². The number of aromatic nitrogens is 2. The van der Waals surface area contributed by atoms with Crippen molar-refractivity contribution in [2.24, 2.45) is 0 Å². The zero-order valence-electron chi connectivity index (χ0n) is 18.7. The topological polar surface area (TPSA) is 54.9 Å². The first-order chi connectivity index (χ1) is 15.5. The summed E-state index contributed by atoms with van der Waals surface area (Å²) in [5, 5.41) is 4.05. The predicted octanol–water partition coefficient (Wildman–Crippen LogP) is 6.62. The van der Waals surface area contributed by atoms with E-state index in [1.54, 1.807) is 17.5 Å². The summed E-state index contributed by atoms with van der Waals surface area (Å²) in [6.45, 7) is 6.27. The number of hydrogen-bond acceptors (Lipinski definition) is 4. The van der Waals surface area contributed by atoms with E-state index < -0.39 is 0 Å². The van der Waals surface area contributed by atoms with Gasteiger partial charge in [0.2, 0.25) is 5.91 Å². The van der Waals surface area contributed by atoms with Crippen LogP contribution in [-0.4, -0.2) is 15.9 Å². The lowest BCUT2D eigenvalue weighted by Crippen LogP contribution is -2.13. The van der Waals surface area contributed by atoms with Gasteiger partial charge in [0.05, 0.1) is 15.6 Å². The van der Waals surface area contributed by atoms with Crippen LogP contribution in [-0.2, 0) is 17.6 Å². The van der Waals surface area contributed by atoms with Crippen LogP contribution >= 0.6 is 11.3 Å². The van der Waals surface area contributed by atoms with Crippen molar-refractivity contribution >= 4 is 23.1 Å². The first-order valence-electron chi connectivity index (χ1n) is 10.9. The summed E-state index contributed by atoms with van der Waals surface area (Å²) in [4.78, 5) is 22.9. The molecule has 0 aliphatic heterocycles. The molecule has 0 bridgehead atoms. The predicted molar refractivity (Wildman–Crippen MR) is 133 cm³/mol. The largest absolute Gasteiger partial charge is 0.311 e. The lowest BCUT2D eigenvalue weighted by atomic mass is 10.1. The van der Waals surface area contributed by atoms with Crippen molar-refractivity contribution in [1.82, 2.24) is 9.97 Å². The minimum absolute atomic E-state index is 0.0346. The average molecular weight is 442 g/mol. The fraction of sp³-hybridized carbons (Fsp3) is 0.222. The Bertz CT molecular complexity index is 1230. The second-order valence-corrected chi connectivity index (χ2v) is 9.06. The Kier molecular flexibility index (Phi) is 6.76. The lowest BCUT2D eigenvalue weighted by Gasteiger charge is -2.08. The third kappa shape index (κ3) is 5.29. The highest BCUT2D eigenvalue weighted by Gasteiger charge is 2.15. The fourth-order valence-electron chi connectivity index (χ4n) is 3.56. The zero-order valence-corrected chi connectivity index (χ0v) is 19.5. The highest BCUT2D eigenvalue weighted by molar-refractivity contribution is 7.15. The van der Waals surface area contributed by atoms with E-state index in [-0.39, 0.29) is 5.91 Å². The molecular weight excluding hydrogens is 414 g/mol. The highest BCUT2D eigenvalue weighted by atomic mass is 32.1. The summed E-state index contributed by atoms with van der Waals surface area (Å²) in [7, 11) is 0. The highest BCUT2D eigenvalue weighted by Crippen LogP contribution is 2.37. The fourth-order valence-corrected chi connectivity index (χ4v) is 4.58. The number of aryl methyl sites for hydroxylation is 4. The molecule has 0 radical (unpaired) electrons. The zero-order chi connectivity index (χ0) is 22.5. The van der Waals surface area contributed by atoms with Gasteiger partial charge in [-0.1, -0.05) is 60.5 Å². The number of benzene rings is 2. The Balaban J connectivity index is 1.53. The normalized spacial score (nSPS) is 10.8. The smallest absolute Gasteiger partial charge is 0.225 e. The summed E-state index contributed by atoms with van der Waals surface area (Å²) in [6.07, 6.45) is 3.76. The van der Waals surface area contributed by atoms with E-state index >= 15 is 0 Å². The summed E-state index contributed by atoms with van der Waals surface area (Å²) in [5.41, 5.74) is 6.69. The van der Waals surface area contributed by atoms with E-state index in [1.807, 2.05) is 12.1 Å². The molecule has 5 heteroatoms. The van der Waals surface area contributed by atoms with Crippen molar-refractivity contribution in [1.29, 1.82) is 0 Å². The van der Waals surface area contributed by atoms with Gasteiger partial charge in [0.25, 0.3) is 0 Å². The van der Waals surface area contributed by atoms with Gasteiger partial charge in [0.15, 0.2) is 0 Å². The van der Waals surface area contributed by atoms with Crippen LogP contribution in [0.25, 0.3) is 21.7 Å². The Morgan fingerprint density at radius 3 is 2.53 bits per heavy atom. The van der Waals surface area contributed by atoms with Gasteiger partial charge in [0.1, 0.15) is 5.82 Å². The minimum Gasteiger partial charge on any atom is -0.311 e. The lowest BCUT2D eigenvalue weighted by molar-refractivity contribution is -0.116. The summed E-state index contributed by atoms with van der Waals surface area (Å²) >= 11 is 1.70. The number of carbonyl (C=O) groups is 1. The molecule has 4 nitrogen and oxygen atoms in total. The first-order valence-corrected chi connectivity index (χ1v) is 11.7. The van der Waals surface area contributed by atoms with Crippen molar-refractivity contribution < 1.29 is 4.79 Å². The molecule has 0 aliphatic carbocycles. The molecule has 4 rings (SSSR count). The van der Waals surface area contributed by atoms with E-state index in [2.05, 4.69) is 79.6 Å². The molecule has 0 fully saturated rings. The Morgan fingerprint density at radius 2 is 1.78 bits per heavy atom. The molecular formula is C27H27N3OS. The molecule has 32 heavy (non-hydrogen) atoms. The van der Waals surface area contributed by atoms with Crippen LogP contribution in [0.4, 0.5) is 5.82 Å². The Morgan fingerprint density at radius 1 is 0.969 bits per heavy atom.